The standard InChI is InChI=1S/C11H15N3O2S/c1-9(2)8-13-17(15,16)14-11-5-3-4-10(6-11)7-12/h3-6,9,13-14H,8H2,1-2H3. The molecule has 0 saturated carbocycles. The number of nitrogens with one attached hydrogen (secondary N) is 2. The van der Waals surface area contributed by atoms with Crippen molar-refractivity contribution < 1.29 is 8.42 Å². The molecule has 0 aliphatic carbocycles. The lowest BCUT2D eigenvalue weighted by Gasteiger charge is -2.10. The summed E-state index contributed by atoms with van der Waals surface area (Å²) in [6.07, 6.45) is 0. The Morgan fingerprint density at radius 1 is 1.41 bits per heavy atom. The van der Waals surface area contributed by atoms with Gasteiger partial charge >= 0.3 is 0 Å². The van der Waals surface area contributed by atoms with E-state index in [0.717, 1.165) is 0 Å². The molecule has 0 bridgehead atoms. The lowest BCUT2D eigenvalue weighted by atomic mass is 10.2. The Morgan fingerprint density at radius 2 is 2.12 bits per heavy atom. The van der Waals surface area contributed by atoms with Crippen LogP contribution in [0.1, 0.15) is 19.4 Å². The van der Waals surface area contributed by atoms with Gasteiger partial charge in [0.2, 0.25) is 0 Å². The third kappa shape index (κ3) is 4.85. The summed E-state index contributed by atoms with van der Waals surface area (Å²) in [7, 11) is -3.56. The van der Waals surface area contributed by atoms with E-state index < -0.39 is 10.2 Å². The molecule has 0 atom stereocenters. The van der Waals surface area contributed by atoms with Crippen LogP contribution in [0.2, 0.25) is 0 Å². The Bertz CT molecular complexity index is 518. The number of hydrogen-bond acceptors (Lipinski definition) is 3. The molecule has 0 radical (unpaired) electrons. The highest BCUT2D eigenvalue weighted by Gasteiger charge is 2.10. The van der Waals surface area contributed by atoms with E-state index in [1.807, 2.05) is 19.9 Å². The van der Waals surface area contributed by atoms with E-state index in [1.54, 1.807) is 18.2 Å². The van der Waals surface area contributed by atoms with Gasteiger partial charge in [-0.1, -0.05) is 19.9 Å². The highest BCUT2D eigenvalue weighted by atomic mass is 32.2. The molecule has 0 amide bonds. The molecule has 1 aromatic carbocycles. The van der Waals surface area contributed by atoms with E-state index in [4.69, 9.17) is 5.26 Å². The monoisotopic (exact) mass is 253 g/mol. The summed E-state index contributed by atoms with van der Waals surface area (Å²) in [5, 5.41) is 8.69. The van der Waals surface area contributed by atoms with Crippen LogP contribution in [0.25, 0.3) is 0 Å². The van der Waals surface area contributed by atoms with Gasteiger partial charge in [-0.25, -0.2) is 0 Å². The maximum Gasteiger partial charge on any atom is 0.299 e. The zero-order chi connectivity index (χ0) is 12.9. The van der Waals surface area contributed by atoms with Gasteiger partial charge in [0.15, 0.2) is 0 Å². The summed E-state index contributed by atoms with van der Waals surface area (Å²) in [6, 6.07) is 8.26. The lowest BCUT2D eigenvalue weighted by Crippen LogP contribution is -2.32. The SMILES string of the molecule is CC(C)CNS(=O)(=O)Nc1cccc(C#N)c1. The summed E-state index contributed by atoms with van der Waals surface area (Å²) in [4.78, 5) is 0. The third-order valence-electron chi connectivity index (χ3n) is 1.93. The molecule has 0 fully saturated rings. The van der Waals surface area contributed by atoms with E-state index in [-0.39, 0.29) is 5.92 Å². The van der Waals surface area contributed by atoms with Crippen LogP contribution in [-0.4, -0.2) is 15.0 Å². The Morgan fingerprint density at radius 3 is 2.71 bits per heavy atom. The average Bonchev–Trinajstić information content (AvgIpc) is 2.26. The number of nitriles is 1. The molecule has 1 aromatic rings. The first-order chi connectivity index (χ1) is 7.93. The lowest BCUT2D eigenvalue weighted by molar-refractivity contribution is 0.565. The smallest absolute Gasteiger partial charge is 0.271 e. The Labute approximate surface area is 102 Å². The van der Waals surface area contributed by atoms with Crippen molar-refractivity contribution in [2.45, 2.75) is 13.8 Å². The van der Waals surface area contributed by atoms with Gasteiger partial charge in [-0.3, -0.25) is 4.72 Å². The van der Waals surface area contributed by atoms with Crippen LogP contribution >= 0.6 is 0 Å². The number of anilines is 1. The van der Waals surface area contributed by atoms with Crippen molar-refractivity contribution in [3.05, 3.63) is 29.8 Å². The van der Waals surface area contributed by atoms with Crippen LogP contribution in [0.5, 0.6) is 0 Å². The van der Waals surface area contributed by atoms with E-state index in [1.165, 1.54) is 6.07 Å². The highest BCUT2D eigenvalue weighted by Crippen LogP contribution is 2.10. The third-order valence-corrected chi connectivity index (χ3v) is 2.98. The van der Waals surface area contributed by atoms with Gasteiger partial charge in [-0.2, -0.15) is 18.4 Å². The molecule has 5 nitrogen and oxygen atoms in total. The summed E-state index contributed by atoms with van der Waals surface area (Å²) in [5.41, 5.74) is 0.786. The van der Waals surface area contributed by atoms with Gasteiger partial charge in [-0.15, -0.1) is 0 Å². The molecule has 0 aromatic heterocycles. The second-order valence-corrected chi connectivity index (χ2v) is 5.54. The van der Waals surface area contributed by atoms with Crippen molar-refractivity contribution in [2.24, 2.45) is 5.92 Å². The van der Waals surface area contributed by atoms with Crippen LogP contribution in [0.3, 0.4) is 0 Å². The van der Waals surface area contributed by atoms with Crippen LogP contribution in [0.4, 0.5) is 5.69 Å². The topological polar surface area (TPSA) is 82.0 Å². The van der Waals surface area contributed by atoms with E-state index in [9.17, 15) is 8.42 Å². The second-order valence-electron chi connectivity index (χ2n) is 4.04. The first-order valence-electron chi connectivity index (χ1n) is 5.20. The van der Waals surface area contributed by atoms with Crippen LogP contribution in [-0.2, 0) is 10.2 Å². The zero-order valence-electron chi connectivity index (χ0n) is 9.77. The molecule has 0 aliphatic heterocycles. The number of rotatable bonds is 5. The quantitative estimate of drug-likeness (QED) is 0.833. The molecule has 0 spiro atoms. The van der Waals surface area contributed by atoms with Gasteiger partial charge in [-0.05, 0) is 24.1 Å². The van der Waals surface area contributed by atoms with E-state index >= 15 is 0 Å². The summed E-state index contributed by atoms with van der Waals surface area (Å²) in [5.74, 6) is 0.233. The number of nitrogens with zero attached hydrogens (tertiary/aromatic N) is 1. The molecular weight excluding hydrogens is 238 g/mol. The van der Waals surface area contributed by atoms with Crippen molar-refractivity contribution >= 4 is 15.9 Å². The molecular formula is C11H15N3O2S. The normalized spacial score (nSPS) is 11.2. The van der Waals surface area contributed by atoms with Crippen molar-refractivity contribution in [1.29, 1.82) is 5.26 Å². The molecule has 2 N–H and O–H groups in total. The summed E-state index contributed by atoms with van der Waals surface area (Å²) in [6.45, 7) is 4.20. The fourth-order valence-corrected chi connectivity index (χ4v) is 2.18. The van der Waals surface area contributed by atoms with Crippen molar-refractivity contribution in [3.8, 4) is 6.07 Å². The van der Waals surface area contributed by atoms with Gasteiger partial charge < -0.3 is 0 Å². The minimum absolute atomic E-state index is 0.233. The fourth-order valence-electron chi connectivity index (χ4n) is 1.12. The van der Waals surface area contributed by atoms with Crippen LogP contribution in [0, 0.1) is 17.2 Å². The average molecular weight is 253 g/mol. The number of hydrogen-bond donors (Lipinski definition) is 2. The molecule has 17 heavy (non-hydrogen) atoms. The van der Waals surface area contributed by atoms with Crippen molar-refractivity contribution in [1.82, 2.24) is 4.72 Å². The molecule has 1 rings (SSSR count). The molecule has 92 valence electrons. The molecule has 0 saturated heterocycles. The summed E-state index contributed by atoms with van der Waals surface area (Å²) < 4.78 is 28.0. The first-order valence-corrected chi connectivity index (χ1v) is 6.69. The summed E-state index contributed by atoms with van der Waals surface area (Å²) >= 11 is 0. The van der Waals surface area contributed by atoms with Crippen LogP contribution in [0.15, 0.2) is 24.3 Å². The Hall–Kier alpha value is -1.58. The maximum atomic E-state index is 11.6. The molecule has 0 heterocycles. The molecule has 0 aliphatic rings. The van der Waals surface area contributed by atoms with Crippen LogP contribution < -0.4 is 9.44 Å². The molecule has 0 unspecified atom stereocenters. The van der Waals surface area contributed by atoms with Gasteiger partial charge in [0, 0.05) is 6.54 Å². The number of benzene rings is 1. The van der Waals surface area contributed by atoms with Gasteiger partial charge in [0.25, 0.3) is 10.2 Å². The predicted octanol–water partition coefficient (Wildman–Crippen LogP) is 1.46. The minimum Gasteiger partial charge on any atom is -0.271 e. The Kier molecular flexibility index (Phi) is 4.49. The van der Waals surface area contributed by atoms with Gasteiger partial charge in [0.05, 0.1) is 17.3 Å². The van der Waals surface area contributed by atoms with Gasteiger partial charge in [0.1, 0.15) is 0 Å². The Balaban J connectivity index is 2.73. The van der Waals surface area contributed by atoms with E-state index in [2.05, 4.69) is 9.44 Å². The van der Waals surface area contributed by atoms with Crippen molar-refractivity contribution in [3.63, 3.8) is 0 Å². The molecule has 6 heteroatoms. The minimum atomic E-state index is -3.56. The largest absolute Gasteiger partial charge is 0.299 e. The highest BCUT2D eigenvalue weighted by molar-refractivity contribution is 7.90. The fraction of sp³-hybridized carbons (Fsp3) is 0.364. The zero-order valence-corrected chi connectivity index (χ0v) is 10.6. The van der Waals surface area contributed by atoms with E-state index in [0.29, 0.717) is 17.8 Å². The second kappa shape index (κ2) is 5.66. The first kappa shape index (κ1) is 13.5. The predicted molar refractivity (Wildman–Crippen MR) is 66.5 cm³/mol. The maximum absolute atomic E-state index is 11.6. The van der Waals surface area contributed by atoms with Crippen molar-refractivity contribution in [2.75, 3.05) is 11.3 Å².